The Labute approximate surface area is 175 Å². The normalized spacial score (nSPS) is 11.3. The Hall–Kier alpha value is -3.45. The van der Waals surface area contributed by atoms with Gasteiger partial charge in [-0.2, -0.15) is 5.26 Å². The highest BCUT2D eigenvalue weighted by atomic mass is 32.2. The summed E-state index contributed by atoms with van der Waals surface area (Å²) in [6.07, 6.45) is 1.45. The molecule has 0 saturated carbocycles. The summed E-state index contributed by atoms with van der Waals surface area (Å²) in [5, 5.41) is 21.0. The van der Waals surface area contributed by atoms with Crippen LogP contribution in [0.4, 0.5) is 4.39 Å². The Morgan fingerprint density at radius 1 is 1.30 bits per heavy atom. The van der Waals surface area contributed by atoms with Crippen molar-refractivity contribution in [3.05, 3.63) is 64.0 Å². The molecule has 10 heteroatoms. The van der Waals surface area contributed by atoms with Crippen LogP contribution in [0.5, 0.6) is 0 Å². The minimum atomic E-state index is -0.358. The van der Waals surface area contributed by atoms with E-state index in [1.54, 1.807) is 18.2 Å². The van der Waals surface area contributed by atoms with Gasteiger partial charge in [0.05, 0.1) is 11.3 Å². The zero-order chi connectivity index (χ0) is 21.3. The second-order valence-corrected chi connectivity index (χ2v) is 8.07. The summed E-state index contributed by atoms with van der Waals surface area (Å²) < 4.78 is 17.4. The van der Waals surface area contributed by atoms with E-state index < -0.39 is 0 Å². The van der Waals surface area contributed by atoms with Crippen LogP contribution in [-0.4, -0.2) is 29.4 Å². The number of halogens is 1. The molecule has 30 heavy (non-hydrogen) atoms. The summed E-state index contributed by atoms with van der Waals surface area (Å²) >= 11 is 1.36. The second-order valence-electron chi connectivity index (χ2n) is 7.12. The lowest BCUT2D eigenvalue weighted by molar-refractivity contribution is 0.496. The van der Waals surface area contributed by atoms with E-state index in [0.29, 0.717) is 46.0 Å². The number of nitrogens with zero attached hydrogens (tertiary/aromatic N) is 6. The Morgan fingerprint density at radius 3 is 2.83 bits per heavy atom. The molecule has 4 aromatic rings. The lowest BCUT2D eigenvalue weighted by Crippen LogP contribution is -2.15. The first kappa shape index (κ1) is 19.8. The van der Waals surface area contributed by atoms with Crippen LogP contribution >= 0.6 is 11.8 Å². The molecular weight excluding hydrogens is 405 g/mol. The van der Waals surface area contributed by atoms with Crippen molar-refractivity contribution in [2.75, 3.05) is 0 Å². The summed E-state index contributed by atoms with van der Waals surface area (Å²) in [5.74, 6) is 0.756. The average Bonchev–Trinajstić information content (AvgIpc) is 3.30. The first-order valence-electron chi connectivity index (χ1n) is 9.29. The molecular formula is C20H18FN7OS. The molecule has 0 aliphatic rings. The number of aromatic nitrogens is 6. The predicted octanol–water partition coefficient (Wildman–Crippen LogP) is 3.24. The van der Waals surface area contributed by atoms with Crippen LogP contribution in [0, 0.1) is 23.1 Å². The molecule has 4 rings (SSSR count). The van der Waals surface area contributed by atoms with Gasteiger partial charge in [-0.05, 0) is 18.1 Å². The Morgan fingerprint density at radius 2 is 2.10 bits per heavy atom. The number of thioether (sulfide) groups is 1. The van der Waals surface area contributed by atoms with Gasteiger partial charge in [-0.1, -0.05) is 37.7 Å². The van der Waals surface area contributed by atoms with Gasteiger partial charge in [0.25, 0.3) is 5.56 Å². The number of hydrogen-bond donors (Lipinski definition) is 1. The molecule has 3 heterocycles. The quantitative estimate of drug-likeness (QED) is 0.478. The Bertz CT molecular complexity index is 1310. The van der Waals surface area contributed by atoms with Gasteiger partial charge in [0.2, 0.25) is 0 Å². The van der Waals surface area contributed by atoms with Crippen LogP contribution in [-0.2, 0) is 12.3 Å². The fraction of sp³-hybridized carbons (Fsp3) is 0.250. The van der Waals surface area contributed by atoms with Gasteiger partial charge in [0.1, 0.15) is 17.4 Å². The van der Waals surface area contributed by atoms with Crippen molar-refractivity contribution in [2.45, 2.75) is 31.3 Å². The molecule has 0 atom stereocenters. The fourth-order valence-corrected chi connectivity index (χ4v) is 3.93. The predicted molar refractivity (Wildman–Crippen MR) is 110 cm³/mol. The maximum atomic E-state index is 14.3. The number of hydrogen-bond acceptors (Lipinski definition) is 6. The first-order valence-corrected chi connectivity index (χ1v) is 10.3. The molecule has 0 fully saturated rings. The van der Waals surface area contributed by atoms with E-state index in [2.05, 4.69) is 34.1 Å². The van der Waals surface area contributed by atoms with Gasteiger partial charge >= 0.3 is 0 Å². The average molecular weight is 423 g/mol. The summed E-state index contributed by atoms with van der Waals surface area (Å²) in [5.41, 5.74) is 1.20. The molecule has 0 spiro atoms. The van der Waals surface area contributed by atoms with E-state index in [0.717, 1.165) is 0 Å². The van der Waals surface area contributed by atoms with Crippen molar-refractivity contribution >= 4 is 17.4 Å². The van der Waals surface area contributed by atoms with Crippen LogP contribution in [0.15, 0.2) is 46.5 Å². The fourth-order valence-electron chi connectivity index (χ4n) is 3.09. The minimum absolute atomic E-state index is 0.288. The molecule has 0 aliphatic carbocycles. The van der Waals surface area contributed by atoms with Gasteiger partial charge in [0, 0.05) is 24.6 Å². The molecule has 1 N–H and O–H groups in total. The van der Waals surface area contributed by atoms with Gasteiger partial charge in [-0.3, -0.25) is 9.89 Å². The van der Waals surface area contributed by atoms with E-state index >= 15 is 0 Å². The van der Waals surface area contributed by atoms with E-state index in [-0.39, 0.29) is 17.0 Å². The van der Waals surface area contributed by atoms with E-state index in [1.165, 1.54) is 34.6 Å². The van der Waals surface area contributed by atoms with Gasteiger partial charge in [0.15, 0.2) is 16.6 Å². The topological polar surface area (TPSA) is 105 Å². The highest BCUT2D eigenvalue weighted by Gasteiger charge is 2.18. The highest BCUT2D eigenvalue weighted by Crippen LogP contribution is 2.28. The van der Waals surface area contributed by atoms with Gasteiger partial charge in [-0.15, -0.1) is 10.2 Å². The molecule has 1 aromatic carbocycles. The monoisotopic (exact) mass is 423 g/mol. The van der Waals surface area contributed by atoms with Crippen LogP contribution in [0.3, 0.4) is 0 Å². The lowest BCUT2D eigenvalue weighted by Gasteiger charge is -2.12. The Kier molecular flexibility index (Phi) is 5.37. The molecule has 0 radical (unpaired) electrons. The number of aromatic amines is 1. The van der Waals surface area contributed by atoms with Crippen LogP contribution in [0.1, 0.15) is 25.1 Å². The van der Waals surface area contributed by atoms with Crippen molar-refractivity contribution in [3.8, 4) is 17.5 Å². The third-order valence-electron chi connectivity index (χ3n) is 4.40. The molecule has 0 aliphatic heterocycles. The lowest BCUT2D eigenvalue weighted by atomic mass is 10.2. The summed E-state index contributed by atoms with van der Waals surface area (Å²) in [7, 11) is 0. The number of nitriles is 1. The summed E-state index contributed by atoms with van der Waals surface area (Å²) in [6, 6.07) is 9.89. The van der Waals surface area contributed by atoms with Gasteiger partial charge in [-0.25, -0.2) is 13.9 Å². The molecule has 0 unspecified atom stereocenters. The number of benzene rings is 1. The molecule has 0 saturated heterocycles. The van der Waals surface area contributed by atoms with Crippen molar-refractivity contribution in [3.63, 3.8) is 0 Å². The summed E-state index contributed by atoms with van der Waals surface area (Å²) in [4.78, 5) is 16.7. The second kappa shape index (κ2) is 8.12. The van der Waals surface area contributed by atoms with Crippen LogP contribution in [0.25, 0.3) is 17.0 Å². The largest absolute Gasteiger partial charge is 0.302 e. The summed E-state index contributed by atoms with van der Waals surface area (Å²) in [6.45, 7) is 4.74. The van der Waals surface area contributed by atoms with E-state index in [4.69, 9.17) is 0 Å². The number of H-pyrrole nitrogens is 1. The van der Waals surface area contributed by atoms with Crippen molar-refractivity contribution < 1.29 is 4.39 Å². The molecule has 152 valence electrons. The zero-order valence-electron chi connectivity index (χ0n) is 16.3. The first-order chi connectivity index (χ1) is 14.5. The molecule has 8 nitrogen and oxygen atoms in total. The highest BCUT2D eigenvalue weighted by molar-refractivity contribution is 7.98. The van der Waals surface area contributed by atoms with E-state index in [1.807, 2.05) is 10.6 Å². The maximum absolute atomic E-state index is 14.3. The number of nitrogens with one attached hydrogen (secondary N) is 1. The van der Waals surface area contributed by atoms with Crippen molar-refractivity contribution in [1.82, 2.24) is 29.4 Å². The standard InChI is InChI=1S/C20H18FN7OS/c1-12(2)10-27-19(15-5-3-4-6-16(15)21)25-26-20(27)30-11-14-7-17(29)28-18(24-14)13(8-22)9-23-28/h3-7,9,12,23H,10-11H2,1-2H3. The van der Waals surface area contributed by atoms with Crippen LogP contribution < -0.4 is 5.56 Å². The van der Waals surface area contributed by atoms with E-state index in [9.17, 15) is 14.4 Å². The van der Waals surface area contributed by atoms with Crippen molar-refractivity contribution in [2.24, 2.45) is 5.92 Å². The minimum Gasteiger partial charge on any atom is -0.302 e. The number of rotatable bonds is 6. The third kappa shape index (κ3) is 3.71. The van der Waals surface area contributed by atoms with Crippen LogP contribution in [0.2, 0.25) is 0 Å². The van der Waals surface area contributed by atoms with Crippen molar-refractivity contribution in [1.29, 1.82) is 5.26 Å². The Balaban J connectivity index is 1.67. The van der Waals surface area contributed by atoms with Gasteiger partial charge < -0.3 is 4.57 Å². The molecule has 0 bridgehead atoms. The SMILES string of the molecule is CC(C)Cn1c(SCc2cc(=O)n3[nH]cc(C#N)c3n2)nnc1-c1ccccc1F. The zero-order valence-corrected chi connectivity index (χ0v) is 17.1. The third-order valence-corrected chi connectivity index (χ3v) is 5.40. The smallest absolute Gasteiger partial charge is 0.272 e. The maximum Gasteiger partial charge on any atom is 0.272 e. The molecule has 3 aromatic heterocycles. The molecule has 0 amide bonds. The number of fused-ring (bicyclic) bond motifs is 1.